The van der Waals surface area contributed by atoms with E-state index in [2.05, 4.69) is 5.32 Å². The van der Waals surface area contributed by atoms with Crippen LogP contribution in [0.1, 0.15) is 11.1 Å². The summed E-state index contributed by atoms with van der Waals surface area (Å²) < 4.78 is 28.9. The van der Waals surface area contributed by atoms with Crippen molar-refractivity contribution >= 4 is 5.91 Å². The average Bonchev–Trinajstić information content (AvgIpc) is 2.60. The molecule has 0 heterocycles. The topological polar surface area (TPSA) is 56.8 Å². The fraction of sp³-hybridized carbons (Fsp3) is 0.316. The van der Waals surface area contributed by atoms with Crippen LogP contribution in [0.5, 0.6) is 17.2 Å². The van der Waals surface area contributed by atoms with Gasteiger partial charge in [0.2, 0.25) is 11.7 Å². The summed E-state index contributed by atoms with van der Waals surface area (Å²) in [4.78, 5) is 12.1. The molecular weight excluding hydrogens is 325 g/mol. The molecule has 0 unspecified atom stereocenters. The minimum absolute atomic E-state index is 0.134. The van der Waals surface area contributed by atoms with Gasteiger partial charge in [0, 0.05) is 6.54 Å². The monoisotopic (exact) mass is 347 g/mol. The van der Waals surface area contributed by atoms with Gasteiger partial charge in [-0.2, -0.15) is 0 Å². The number of benzene rings is 2. The number of methoxy groups -OCH3 is 3. The molecule has 6 heteroatoms. The third-order valence-corrected chi connectivity index (χ3v) is 3.71. The molecule has 0 aliphatic rings. The Hall–Kier alpha value is -2.76. The van der Waals surface area contributed by atoms with Crippen LogP contribution >= 0.6 is 0 Å². The van der Waals surface area contributed by atoms with Crippen LogP contribution in [0.4, 0.5) is 4.39 Å². The molecule has 0 aliphatic carbocycles. The third kappa shape index (κ3) is 5.11. The highest BCUT2D eigenvalue weighted by molar-refractivity contribution is 5.79. The minimum Gasteiger partial charge on any atom is -0.493 e. The van der Waals surface area contributed by atoms with E-state index < -0.39 is 0 Å². The second kappa shape index (κ2) is 8.92. The Morgan fingerprint density at radius 3 is 2.24 bits per heavy atom. The Balaban J connectivity index is 1.95. The zero-order valence-corrected chi connectivity index (χ0v) is 14.6. The van der Waals surface area contributed by atoms with Crippen LogP contribution in [0.15, 0.2) is 36.4 Å². The SMILES string of the molecule is COc1cc(CC(=O)NCCc2cccc(F)c2)cc(OC)c1OC. The van der Waals surface area contributed by atoms with Gasteiger partial charge in [0.1, 0.15) is 5.82 Å². The highest BCUT2D eigenvalue weighted by Gasteiger charge is 2.14. The van der Waals surface area contributed by atoms with Gasteiger partial charge in [-0.3, -0.25) is 4.79 Å². The minimum atomic E-state index is -0.277. The van der Waals surface area contributed by atoms with Crippen molar-refractivity contribution in [1.82, 2.24) is 5.32 Å². The summed E-state index contributed by atoms with van der Waals surface area (Å²) >= 11 is 0. The van der Waals surface area contributed by atoms with Crippen LogP contribution in [-0.2, 0) is 17.6 Å². The van der Waals surface area contributed by atoms with Crippen LogP contribution in [0, 0.1) is 5.82 Å². The van der Waals surface area contributed by atoms with E-state index in [4.69, 9.17) is 14.2 Å². The zero-order chi connectivity index (χ0) is 18.2. The van der Waals surface area contributed by atoms with Crippen molar-refractivity contribution in [2.45, 2.75) is 12.8 Å². The molecule has 1 amide bonds. The first-order valence-electron chi connectivity index (χ1n) is 7.87. The molecule has 134 valence electrons. The maximum absolute atomic E-state index is 13.1. The number of amides is 1. The number of carbonyl (C=O) groups is 1. The van der Waals surface area contributed by atoms with Gasteiger partial charge < -0.3 is 19.5 Å². The van der Waals surface area contributed by atoms with Gasteiger partial charge in [0.05, 0.1) is 27.8 Å². The maximum atomic E-state index is 13.1. The molecule has 0 atom stereocenters. The van der Waals surface area contributed by atoms with Crippen molar-refractivity contribution in [3.05, 3.63) is 53.3 Å². The van der Waals surface area contributed by atoms with Gasteiger partial charge >= 0.3 is 0 Å². The lowest BCUT2D eigenvalue weighted by Crippen LogP contribution is -2.27. The van der Waals surface area contributed by atoms with Crippen molar-refractivity contribution in [1.29, 1.82) is 0 Å². The van der Waals surface area contributed by atoms with E-state index in [9.17, 15) is 9.18 Å². The van der Waals surface area contributed by atoms with Crippen LogP contribution in [0.3, 0.4) is 0 Å². The van der Waals surface area contributed by atoms with Crippen LogP contribution in [0.2, 0.25) is 0 Å². The summed E-state index contributed by atoms with van der Waals surface area (Å²) in [5.74, 6) is 1.08. The highest BCUT2D eigenvalue weighted by atomic mass is 19.1. The van der Waals surface area contributed by atoms with E-state index >= 15 is 0 Å². The van der Waals surface area contributed by atoms with Crippen LogP contribution in [0.25, 0.3) is 0 Å². The van der Waals surface area contributed by atoms with Gasteiger partial charge in [-0.15, -0.1) is 0 Å². The molecule has 0 spiro atoms. The van der Waals surface area contributed by atoms with E-state index in [0.29, 0.717) is 30.2 Å². The number of ether oxygens (including phenoxy) is 3. The predicted molar refractivity (Wildman–Crippen MR) is 92.9 cm³/mol. The molecule has 0 fully saturated rings. The second-order valence-electron chi connectivity index (χ2n) is 5.44. The largest absolute Gasteiger partial charge is 0.493 e. The van der Waals surface area contributed by atoms with E-state index in [0.717, 1.165) is 11.1 Å². The van der Waals surface area contributed by atoms with Crippen molar-refractivity contribution in [2.75, 3.05) is 27.9 Å². The number of hydrogen-bond acceptors (Lipinski definition) is 4. The number of hydrogen-bond donors (Lipinski definition) is 1. The summed E-state index contributed by atoms with van der Waals surface area (Å²) in [6, 6.07) is 9.83. The number of carbonyl (C=O) groups excluding carboxylic acids is 1. The normalized spacial score (nSPS) is 10.2. The van der Waals surface area contributed by atoms with Gasteiger partial charge in [-0.05, 0) is 41.8 Å². The van der Waals surface area contributed by atoms with Crippen LogP contribution in [-0.4, -0.2) is 33.8 Å². The molecule has 25 heavy (non-hydrogen) atoms. The summed E-state index contributed by atoms with van der Waals surface area (Å²) in [6.45, 7) is 0.437. The van der Waals surface area contributed by atoms with E-state index in [-0.39, 0.29) is 18.1 Å². The summed E-state index contributed by atoms with van der Waals surface area (Å²) in [5, 5.41) is 2.83. The number of halogens is 1. The molecule has 0 saturated heterocycles. The fourth-order valence-electron chi connectivity index (χ4n) is 2.52. The van der Waals surface area contributed by atoms with Crippen LogP contribution < -0.4 is 19.5 Å². The molecule has 0 aromatic heterocycles. The van der Waals surface area contributed by atoms with Gasteiger partial charge in [0.25, 0.3) is 0 Å². The third-order valence-electron chi connectivity index (χ3n) is 3.71. The summed E-state index contributed by atoms with van der Waals surface area (Å²) in [7, 11) is 4.58. The summed E-state index contributed by atoms with van der Waals surface area (Å²) in [5.41, 5.74) is 1.59. The van der Waals surface area contributed by atoms with Crippen molar-refractivity contribution in [3.63, 3.8) is 0 Å². The quantitative estimate of drug-likeness (QED) is 0.798. The predicted octanol–water partition coefficient (Wildman–Crippen LogP) is 2.75. The number of nitrogens with one attached hydrogen (secondary N) is 1. The molecule has 0 bridgehead atoms. The van der Waals surface area contributed by atoms with Crippen molar-refractivity contribution in [2.24, 2.45) is 0 Å². The molecule has 2 aromatic rings. The van der Waals surface area contributed by atoms with Gasteiger partial charge in [-0.25, -0.2) is 4.39 Å². The van der Waals surface area contributed by atoms with Gasteiger partial charge in [-0.1, -0.05) is 12.1 Å². The van der Waals surface area contributed by atoms with E-state index in [1.54, 1.807) is 18.2 Å². The Labute approximate surface area is 146 Å². The Bertz CT molecular complexity index is 708. The lowest BCUT2D eigenvalue weighted by molar-refractivity contribution is -0.120. The zero-order valence-electron chi connectivity index (χ0n) is 14.6. The molecule has 2 rings (SSSR count). The second-order valence-corrected chi connectivity index (χ2v) is 5.44. The molecular formula is C19H22FNO4. The smallest absolute Gasteiger partial charge is 0.224 e. The lowest BCUT2D eigenvalue weighted by atomic mass is 10.1. The standard InChI is InChI=1S/C19H22FNO4/c1-23-16-10-14(11-17(24-2)19(16)25-3)12-18(22)21-8-7-13-5-4-6-15(20)9-13/h4-6,9-11H,7-8,12H2,1-3H3,(H,21,22). The first kappa shape index (κ1) is 18.6. The Morgan fingerprint density at radius 1 is 1.00 bits per heavy atom. The van der Waals surface area contributed by atoms with Gasteiger partial charge in [0.15, 0.2) is 11.5 Å². The Kier molecular flexibility index (Phi) is 6.62. The van der Waals surface area contributed by atoms with Crippen molar-refractivity contribution in [3.8, 4) is 17.2 Å². The van der Waals surface area contributed by atoms with E-state index in [1.807, 2.05) is 6.07 Å². The van der Waals surface area contributed by atoms with E-state index in [1.165, 1.54) is 33.5 Å². The molecule has 1 N–H and O–H groups in total. The molecule has 0 saturated carbocycles. The lowest BCUT2D eigenvalue weighted by Gasteiger charge is -2.14. The summed E-state index contributed by atoms with van der Waals surface area (Å²) in [6.07, 6.45) is 0.749. The first-order valence-corrected chi connectivity index (χ1v) is 7.87. The number of rotatable bonds is 8. The highest BCUT2D eigenvalue weighted by Crippen LogP contribution is 2.38. The van der Waals surface area contributed by atoms with Crippen molar-refractivity contribution < 1.29 is 23.4 Å². The fourth-order valence-corrected chi connectivity index (χ4v) is 2.52. The maximum Gasteiger partial charge on any atom is 0.224 e. The average molecular weight is 347 g/mol. The molecule has 0 aliphatic heterocycles. The first-order chi connectivity index (χ1) is 12.1. The molecule has 0 radical (unpaired) electrons. The molecule has 2 aromatic carbocycles. The molecule has 5 nitrogen and oxygen atoms in total. The Morgan fingerprint density at radius 2 is 1.68 bits per heavy atom.